The summed E-state index contributed by atoms with van der Waals surface area (Å²) in [4.78, 5) is 27.5. The van der Waals surface area contributed by atoms with E-state index in [0.29, 0.717) is 45.0 Å². The van der Waals surface area contributed by atoms with Gasteiger partial charge in [0.25, 0.3) is 5.91 Å². The Morgan fingerprint density at radius 1 is 1.27 bits per heavy atom. The van der Waals surface area contributed by atoms with E-state index in [1.807, 2.05) is 24.0 Å². The summed E-state index contributed by atoms with van der Waals surface area (Å²) in [6.45, 7) is 5.53. The molecular formula is C15H22N4O3. The number of nitrogens with zero attached hydrogens (tertiary/aromatic N) is 2. The third-order valence-electron chi connectivity index (χ3n) is 3.65. The van der Waals surface area contributed by atoms with Crippen LogP contribution in [0.5, 0.6) is 0 Å². The minimum atomic E-state index is -0.330. The number of amides is 3. The van der Waals surface area contributed by atoms with Crippen LogP contribution < -0.4 is 11.3 Å². The van der Waals surface area contributed by atoms with Crippen molar-refractivity contribution in [3.05, 3.63) is 35.4 Å². The fraction of sp³-hybridized carbons (Fsp3) is 0.467. The summed E-state index contributed by atoms with van der Waals surface area (Å²) in [6.07, 6.45) is 0. The van der Waals surface area contributed by atoms with E-state index in [4.69, 9.17) is 10.6 Å². The Morgan fingerprint density at radius 3 is 2.45 bits per heavy atom. The van der Waals surface area contributed by atoms with Crippen molar-refractivity contribution in [3.8, 4) is 0 Å². The molecule has 0 atom stereocenters. The minimum Gasteiger partial charge on any atom is -0.378 e. The normalized spacial score (nSPS) is 14.5. The first kappa shape index (κ1) is 16.3. The summed E-state index contributed by atoms with van der Waals surface area (Å²) >= 11 is 0. The van der Waals surface area contributed by atoms with Crippen molar-refractivity contribution in [1.29, 1.82) is 0 Å². The molecule has 1 aliphatic rings. The van der Waals surface area contributed by atoms with Gasteiger partial charge in [-0.3, -0.25) is 10.2 Å². The van der Waals surface area contributed by atoms with E-state index in [0.717, 1.165) is 5.56 Å². The minimum absolute atomic E-state index is 0.0228. The molecule has 0 saturated carbocycles. The van der Waals surface area contributed by atoms with E-state index in [2.05, 4.69) is 5.43 Å². The average Bonchev–Trinajstić information content (AvgIpc) is 2.59. The number of nitrogen functional groups attached to an aromatic ring is 1. The van der Waals surface area contributed by atoms with Crippen LogP contribution in [-0.4, -0.2) is 54.6 Å². The van der Waals surface area contributed by atoms with Crippen LogP contribution in [0.25, 0.3) is 0 Å². The van der Waals surface area contributed by atoms with Crippen LogP contribution in [0.4, 0.5) is 4.79 Å². The first-order valence-corrected chi connectivity index (χ1v) is 7.37. The molecule has 3 N–H and O–H groups in total. The fourth-order valence-corrected chi connectivity index (χ4v) is 2.33. The van der Waals surface area contributed by atoms with E-state index >= 15 is 0 Å². The monoisotopic (exact) mass is 306 g/mol. The van der Waals surface area contributed by atoms with Crippen LogP contribution in [0.3, 0.4) is 0 Å². The van der Waals surface area contributed by atoms with Gasteiger partial charge in [0.1, 0.15) is 0 Å². The molecule has 22 heavy (non-hydrogen) atoms. The quantitative estimate of drug-likeness (QED) is 0.483. The van der Waals surface area contributed by atoms with E-state index in [1.165, 1.54) is 0 Å². The summed E-state index contributed by atoms with van der Waals surface area (Å²) in [5, 5.41) is 0. The molecule has 0 unspecified atom stereocenters. The molecule has 0 aliphatic carbocycles. The van der Waals surface area contributed by atoms with Crippen LogP contribution >= 0.6 is 0 Å². The lowest BCUT2D eigenvalue weighted by Gasteiger charge is -2.32. The number of carbonyl (C=O) groups is 2. The third kappa shape index (κ3) is 3.96. The predicted molar refractivity (Wildman–Crippen MR) is 82.0 cm³/mol. The maximum absolute atomic E-state index is 12.5. The second kappa shape index (κ2) is 7.77. The van der Waals surface area contributed by atoms with Crippen LogP contribution in [0.1, 0.15) is 22.8 Å². The van der Waals surface area contributed by atoms with Gasteiger partial charge >= 0.3 is 6.03 Å². The number of urea groups is 1. The zero-order valence-electron chi connectivity index (χ0n) is 12.7. The zero-order valence-corrected chi connectivity index (χ0v) is 12.7. The van der Waals surface area contributed by atoms with Crippen molar-refractivity contribution in [1.82, 2.24) is 15.2 Å². The lowest BCUT2D eigenvalue weighted by Crippen LogP contribution is -2.47. The lowest BCUT2D eigenvalue weighted by atomic mass is 10.1. The van der Waals surface area contributed by atoms with Crippen molar-refractivity contribution in [2.45, 2.75) is 13.5 Å². The van der Waals surface area contributed by atoms with E-state index in [-0.39, 0.29) is 11.9 Å². The number of nitrogens with two attached hydrogens (primary N) is 1. The summed E-state index contributed by atoms with van der Waals surface area (Å²) in [5.74, 6) is 4.77. The van der Waals surface area contributed by atoms with Gasteiger partial charge in [-0.2, -0.15) is 0 Å². The molecule has 120 valence electrons. The van der Waals surface area contributed by atoms with Gasteiger partial charge in [-0.05, 0) is 24.6 Å². The maximum Gasteiger partial charge on any atom is 0.320 e. The number of hydrazine groups is 1. The van der Waals surface area contributed by atoms with E-state index < -0.39 is 0 Å². The van der Waals surface area contributed by atoms with Crippen LogP contribution in [0.15, 0.2) is 24.3 Å². The van der Waals surface area contributed by atoms with E-state index in [9.17, 15) is 9.59 Å². The molecule has 7 heteroatoms. The lowest BCUT2D eigenvalue weighted by molar-refractivity contribution is 0.0431. The second-order valence-corrected chi connectivity index (χ2v) is 5.07. The molecule has 1 aliphatic heterocycles. The molecule has 7 nitrogen and oxygen atoms in total. The Kier molecular flexibility index (Phi) is 5.74. The predicted octanol–water partition coefficient (Wildman–Crippen LogP) is 0.564. The number of morpholine rings is 1. The molecule has 0 spiro atoms. The van der Waals surface area contributed by atoms with Crippen LogP contribution in [0.2, 0.25) is 0 Å². The Hall–Kier alpha value is -2.12. The van der Waals surface area contributed by atoms with Crippen molar-refractivity contribution in [2.24, 2.45) is 5.84 Å². The van der Waals surface area contributed by atoms with Crippen molar-refractivity contribution < 1.29 is 14.3 Å². The molecule has 0 aromatic heterocycles. The number of hydrogen-bond donors (Lipinski definition) is 2. The summed E-state index contributed by atoms with van der Waals surface area (Å²) < 4.78 is 5.27. The third-order valence-corrected chi connectivity index (χ3v) is 3.65. The Balaban J connectivity index is 2.00. The van der Waals surface area contributed by atoms with Gasteiger partial charge in [0, 0.05) is 31.7 Å². The van der Waals surface area contributed by atoms with Crippen LogP contribution in [-0.2, 0) is 11.3 Å². The van der Waals surface area contributed by atoms with Crippen molar-refractivity contribution in [2.75, 3.05) is 32.8 Å². The number of ether oxygens (including phenoxy) is 1. The Morgan fingerprint density at radius 2 is 1.91 bits per heavy atom. The first-order valence-electron chi connectivity index (χ1n) is 7.37. The molecule has 1 aromatic carbocycles. The molecule has 1 saturated heterocycles. The van der Waals surface area contributed by atoms with Gasteiger partial charge in [-0.1, -0.05) is 12.1 Å². The highest BCUT2D eigenvalue weighted by molar-refractivity contribution is 5.93. The number of rotatable bonds is 4. The molecule has 2 rings (SSSR count). The van der Waals surface area contributed by atoms with Gasteiger partial charge in [0.15, 0.2) is 0 Å². The van der Waals surface area contributed by atoms with Gasteiger partial charge in [0.2, 0.25) is 0 Å². The van der Waals surface area contributed by atoms with Gasteiger partial charge < -0.3 is 14.5 Å². The molecule has 0 bridgehead atoms. The van der Waals surface area contributed by atoms with Gasteiger partial charge in [-0.25, -0.2) is 10.6 Å². The molecule has 1 aromatic rings. The highest BCUT2D eigenvalue weighted by Gasteiger charge is 2.21. The Labute approximate surface area is 130 Å². The Bertz CT molecular complexity index is 512. The molecular weight excluding hydrogens is 284 g/mol. The first-order chi connectivity index (χ1) is 10.7. The second-order valence-electron chi connectivity index (χ2n) is 5.07. The molecule has 3 amide bonds. The smallest absolute Gasteiger partial charge is 0.320 e. The summed E-state index contributed by atoms with van der Waals surface area (Å²) in [6, 6.07) is 7.09. The van der Waals surface area contributed by atoms with Crippen LogP contribution in [0, 0.1) is 0 Å². The summed E-state index contributed by atoms with van der Waals surface area (Å²) in [5.41, 5.74) is 3.56. The standard InChI is InChI=1S/C15H22N4O3/c1-2-18(15(21)19-7-9-22-10-8-19)11-12-3-5-13(6-4-12)14(20)17-16/h3-6H,2,7-11,16H2,1H3,(H,17,20). The SMILES string of the molecule is CCN(Cc1ccc(C(=O)NN)cc1)C(=O)N1CCOCC1. The van der Waals surface area contributed by atoms with Gasteiger partial charge in [-0.15, -0.1) is 0 Å². The number of nitrogens with one attached hydrogen (secondary N) is 1. The van der Waals surface area contributed by atoms with E-state index in [1.54, 1.807) is 17.0 Å². The molecule has 1 heterocycles. The molecule has 0 radical (unpaired) electrons. The van der Waals surface area contributed by atoms with Crippen molar-refractivity contribution in [3.63, 3.8) is 0 Å². The van der Waals surface area contributed by atoms with Crippen molar-refractivity contribution >= 4 is 11.9 Å². The maximum atomic E-state index is 12.5. The number of hydrogen-bond acceptors (Lipinski definition) is 4. The number of benzene rings is 1. The fourth-order valence-electron chi connectivity index (χ4n) is 2.33. The summed E-state index contributed by atoms with van der Waals surface area (Å²) in [7, 11) is 0. The average molecular weight is 306 g/mol. The molecule has 1 fully saturated rings. The zero-order chi connectivity index (χ0) is 15.9. The largest absolute Gasteiger partial charge is 0.378 e. The topological polar surface area (TPSA) is 87.9 Å². The highest BCUT2D eigenvalue weighted by atomic mass is 16.5. The number of carbonyl (C=O) groups excluding carboxylic acids is 2. The van der Waals surface area contributed by atoms with Gasteiger partial charge in [0.05, 0.1) is 13.2 Å². The highest BCUT2D eigenvalue weighted by Crippen LogP contribution is 2.11.